The second-order valence-electron chi connectivity index (χ2n) is 5.98. The summed E-state index contributed by atoms with van der Waals surface area (Å²) in [5.74, 6) is 1.16. The molecule has 2 aromatic rings. The Morgan fingerprint density at radius 2 is 1.89 bits per heavy atom. The number of hydrogen-bond donors (Lipinski definition) is 2. The fraction of sp³-hybridized carbons (Fsp3) is 0.278. The summed E-state index contributed by atoms with van der Waals surface area (Å²) in [5.41, 5.74) is 13.7. The molecule has 0 radical (unpaired) electrons. The number of methoxy groups -OCH3 is 1. The summed E-state index contributed by atoms with van der Waals surface area (Å²) in [7, 11) is 1.57. The largest absolute Gasteiger partial charge is 0.497 e. The van der Waals surface area contributed by atoms with Crippen molar-refractivity contribution < 1.29 is 22.6 Å². The van der Waals surface area contributed by atoms with Crippen molar-refractivity contribution in [2.75, 3.05) is 18.6 Å². The van der Waals surface area contributed by atoms with Crippen LogP contribution in [-0.2, 0) is 0 Å². The molecule has 0 spiro atoms. The number of nitrogens with two attached hydrogens (primary N) is 2. The lowest BCUT2D eigenvalue weighted by molar-refractivity contribution is -0.153. The normalized spacial score (nSPS) is 17.2. The Labute approximate surface area is 164 Å². The van der Waals surface area contributed by atoms with Crippen LogP contribution in [0.2, 0.25) is 0 Å². The lowest BCUT2D eigenvalue weighted by Gasteiger charge is -2.24. The molecule has 0 saturated heterocycles. The van der Waals surface area contributed by atoms with Crippen molar-refractivity contribution in [1.29, 1.82) is 0 Å². The van der Waals surface area contributed by atoms with Gasteiger partial charge in [-0.05, 0) is 37.3 Å². The summed E-state index contributed by atoms with van der Waals surface area (Å²) >= 11 is 1.27. The van der Waals surface area contributed by atoms with Gasteiger partial charge in [0.25, 0.3) is 0 Å². The molecule has 0 saturated carbocycles. The molecule has 0 aliphatic carbocycles. The highest BCUT2D eigenvalue weighted by Crippen LogP contribution is 2.44. The monoisotopic (exact) mass is 412 g/mol. The van der Waals surface area contributed by atoms with E-state index in [2.05, 4.69) is 4.98 Å². The van der Waals surface area contributed by atoms with Gasteiger partial charge in [0.05, 0.1) is 17.7 Å². The van der Waals surface area contributed by atoms with Crippen LogP contribution in [0.5, 0.6) is 11.5 Å². The van der Waals surface area contributed by atoms with Gasteiger partial charge in [-0.15, -0.1) is 0 Å². The predicted octanol–water partition coefficient (Wildman–Crippen LogP) is 3.42. The number of thioether (sulfide) groups is 1. The highest BCUT2D eigenvalue weighted by Gasteiger charge is 2.33. The van der Waals surface area contributed by atoms with Crippen LogP contribution in [0.25, 0.3) is 4.91 Å². The van der Waals surface area contributed by atoms with E-state index < -0.39 is 18.3 Å². The van der Waals surface area contributed by atoms with E-state index in [1.54, 1.807) is 31.1 Å². The van der Waals surface area contributed by atoms with Crippen molar-refractivity contribution in [2.24, 2.45) is 11.5 Å². The SMILES string of the molecule is COc1ccc(N2C(N)=C(c3nccc(OCC(F)(F)F)c3C)SC2N)cc1. The van der Waals surface area contributed by atoms with Crippen molar-refractivity contribution in [1.82, 2.24) is 4.98 Å². The van der Waals surface area contributed by atoms with Crippen LogP contribution in [0.4, 0.5) is 18.9 Å². The fourth-order valence-electron chi connectivity index (χ4n) is 2.75. The zero-order chi connectivity index (χ0) is 20.5. The van der Waals surface area contributed by atoms with E-state index in [4.69, 9.17) is 20.9 Å². The Hall–Kier alpha value is -2.59. The van der Waals surface area contributed by atoms with Gasteiger partial charge in [-0.25, -0.2) is 0 Å². The molecule has 1 aromatic carbocycles. The van der Waals surface area contributed by atoms with Gasteiger partial charge in [-0.1, -0.05) is 11.8 Å². The van der Waals surface area contributed by atoms with Gasteiger partial charge < -0.3 is 25.8 Å². The second kappa shape index (κ2) is 7.80. The third kappa shape index (κ3) is 4.12. The number of pyridine rings is 1. The Morgan fingerprint density at radius 3 is 2.50 bits per heavy atom. The highest BCUT2D eigenvalue weighted by atomic mass is 32.2. The number of benzene rings is 1. The maximum atomic E-state index is 12.5. The van der Waals surface area contributed by atoms with Gasteiger partial charge in [0.2, 0.25) is 0 Å². The molecule has 2 heterocycles. The van der Waals surface area contributed by atoms with Crippen LogP contribution < -0.4 is 25.8 Å². The first-order valence-corrected chi connectivity index (χ1v) is 9.10. The zero-order valence-electron chi connectivity index (χ0n) is 15.2. The summed E-state index contributed by atoms with van der Waals surface area (Å²) in [6.07, 6.45) is -3.04. The van der Waals surface area contributed by atoms with Crippen molar-refractivity contribution in [3.05, 3.63) is 53.6 Å². The average molecular weight is 412 g/mol. The molecule has 0 bridgehead atoms. The molecule has 6 nitrogen and oxygen atoms in total. The standard InChI is InChI=1S/C18H19F3N4O2S/c1-10-13(27-9-18(19,20)21)7-8-24-14(10)15-16(22)25(17(23)28-15)11-3-5-12(26-2)6-4-11/h3-8,17H,9,22-23H2,1-2H3. The summed E-state index contributed by atoms with van der Waals surface area (Å²) in [4.78, 5) is 6.59. The number of aromatic nitrogens is 1. The maximum absolute atomic E-state index is 12.5. The number of halogens is 3. The van der Waals surface area contributed by atoms with E-state index in [0.29, 0.717) is 27.7 Å². The van der Waals surface area contributed by atoms with E-state index in [1.165, 1.54) is 24.0 Å². The number of alkyl halides is 3. The first kappa shape index (κ1) is 20.2. The molecular formula is C18H19F3N4O2S. The summed E-state index contributed by atoms with van der Waals surface area (Å²) in [6.45, 7) is 0.257. The molecule has 150 valence electrons. The number of nitrogens with zero attached hydrogens (tertiary/aromatic N) is 2. The molecule has 1 unspecified atom stereocenters. The molecule has 1 atom stereocenters. The quantitative estimate of drug-likeness (QED) is 0.778. The molecule has 4 N–H and O–H groups in total. The zero-order valence-corrected chi connectivity index (χ0v) is 16.0. The Balaban J connectivity index is 1.93. The molecule has 3 rings (SSSR count). The van der Waals surface area contributed by atoms with Gasteiger partial charge in [0.1, 0.15) is 22.8 Å². The topological polar surface area (TPSA) is 86.6 Å². The van der Waals surface area contributed by atoms with E-state index in [-0.39, 0.29) is 5.75 Å². The summed E-state index contributed by atoms with van der Waals surface area (Å²) < 4.78 is 47.5. The predicted molar refractivity (Wildman–Crippen MR) is 103 cm³/mol. The number of rotatable bonds is 5. The first-order chi connectivity index (χ1) is 13.2. The first-order valence-electron chi connectivity index (χ1n) is 8.22. The number of hydrogen-bond acceptors (Lipinski definition) is 7. The van der Waals surface area contributed by atoms with E-state index in [0.717, 1.165) is 5.69 Å². The minimum Gasteiger partial charge on any atom is -0.497 e. The lowest BCUT2D eigenvalue weighted by atomic mass is 10.2. The molecule has 0 amide bonds. The molecule has 1 aliphatic rings. The summed E-state index contributed by atoms with van der Waals surface area (Å²) in [6, 6.07) is 8.60. The van der Waals surface area contributed by atoms with Crippen LogP contribution in [0.3, 0.4) is 0 Å². The van der Waals surface area contributed by atoms with Gasteiger partial charge in [-0.3, -0.25) is 4.98 Å². The fourth-order valence-corrected chi connectivity index (χ4v) is 3.87. The van der Waals surface area contributed by atoms with Crippen LogP contribution >= 0.6 is 11.8 Å². The van der Waals surface area contributed by atoms with Gasteiger partial charge in [0, 0.05) is 17.4 Å². The minimum atomic E-state index is -4.43. The van der Waals surface area contributed by atoms with Crippen LogP contribution in [0.1, 0.15) is 11.3 Å². The third-order valence-corrected chi connectivity index (χ3v) is 5.19. The molecule has 28 heavy (non-hydrogen) atoms. The van der Waals surface area contributed by atoms with Crippen LogP contribution in [0, 0.1) is 6.92 Å². The van der Waals surface area contributed by atoms with Crippen molar-refractivity contribution >= 4 is 22.4 Å². The lowest BCUT2D eigenvalue weighted by Crippen LogP contribution is -2.37. The highest BCUT2D eigenvalue weighted by molar-refractivity contribution is 8.09. The molecule has 1 aliphatic heterocycles. The van der Waals surface area contributed by atoms with Crippen molar-refractivity contribution in [3.8, 4) is 11.5 Å². The van der Waals surface area contributed by atoms with Gasteiger partial charge in [-0.2, -0.15) is 13.2 Å². The smallest absolute Gasteiger partial charge is 0.422 e. The third-order valence-electron chi connectivity index (χ3n) is 4.10. The van der Waals surface area contributed by atoms with E-state index in [1.807, 2.05) is 12.1 Å². The van der Waals surface area contributed by atoms with Crippen molar-refractivity contribution in [3.63, 3.8) is 0 Å². The Morgan fingerprint density at radius 1 is 1.21 bits per heavy atom. The molecule has 10 heteroatoms. The molecule has 1 aromatic heterocycles. The van der Waals surface area contributed by atoms with Crippen molar-refractivity contribution in [2.45, 2.75) is 18.6 Å². The Bertz CT molecular complexity index is 887. The van der Waals surface area contributed by atoms with Crippen LogP contribution in [-0.4, -0.2) is 30.4 Å². The van der Waals surface area contributed by atoms with E-state index in [9.17, 15) is 13.2 Å². The summed E-state index contributed by atoms with van der Waals surface area (Å²) in [5, 5.41) is 0. The second-order valence-corrected chi connectivity index (χ2v) is 7.10. The molecule has 0 fully saturated rings. The number of anilines is 1. The Kier molecular flexibility index (Phi) is 5.61. The van der Waals surface area contributed by atoms with Gasteiger partial charge in [0.15, 0.2) is 6.61 Å². The number of ether oxygens (including phenoxy) is 2. The average Bonchev–Trinajstić information content (AvgIpc) is 2.94. The minimum absolute atomic E-state index is 0.0969. The molecular weight excluding hydrogens is 393 g/mol. The van der Waals surface area contributed by atoms with Gasteiger partial charge >= 0.3 is 6.18 Å². The van der Waals surface area contributed by atoms with E-state index >= 15 is 0 Å². The maximum Gasteiger partial charge on any atom is 0.422 e. The van der Waals surface area contributed by atoms with Crippen LogP contribution in [0.15, 0.2) is 42.3 Å².